The molecule has 0 aliphatic heterocycles. The number of benzene rings is 1. The second kappa shape index (κ2) is 9.65. The molecule has 1 saturated carbocycles. The molecule has 1 amide bonds. The van der Waals surface area contributed by atoms with E-state index in [4.69, 9.17) is 5.10 Å². The van der Waals surface area contributed by atoms with Crippen molar-refractivity contribution in [3.05, 3.63) is 90.5 Å². The number of aromatic nitrogens is 5. The summed E-state index contributed by atoms with van der Waals surface area (Å²) in [6.07, 6.45) is 15.2. The number of nitrogens with zero attached hydrogens (tertiary/aromatic N) is 5. The minimum absolute atomic E-state index is 0.192. The summed E-state index contributed by atoms with van der Waals surface area (Å²) in [6.45, 7) is 0.648. The molecular formula is C26H26N6O. The van der Waals surface area contributed by atoms with Gasteiger partial charge >= 0.3 is 0 Å². The summed E-state index contributed by atoms with van der Waals surface area (Å²) < 4.78 is 3.84. The van der Waals surface area contributed by atoms with Gasteiger partial charge < -0.3 is 5.32 Å². The van der Waals surface area contributed by atoms with E-state index in [1.165, 1.54) is 12.8 Å². The summed E-state index contributed by atoms with van der Waals surface area (Å²) in [7, 11) is 0. The first-order valence-corrected chi connectivity index (χ1v) is 11.3. The van der Waals surface area contributed by atoms with Gasteiger partial charge in [0.2, 0.25) is 5.91 Å². The van der Waals surface area contributed by atoms with Gasteiger partial charge in [0, 0.05) is 41.9 Å². The summed E-state index contributed by atoms with van der Waals surface area (Å²) in [6, 6.07) is 16.2. The molecule has 1 aromatic carbocycles. The van der Waals surface area contributed by atoms with E-state index in [0.717, 1.165) is 41.0 Å². The van der Waals surface area contributed by atoms with Crippen LogP contribution >= 0.6 is 0 Å². The zero-order valence-corrected chi connectivity index (χ0v) is 18.3. The molecule has 4 aromatic rings. The second-order valence-electron chi connectivity index (χ2n) is 8.28. The van der Waals surface area contributed by atoms with Crippen molar-refractivity contribution in [2.75, 3.05) is 5.32 Å². The highest BCUT2D eigenvalue weighted by Crippen LogP contribution is 2.31. The van der Waals surface area contributed by atoms with Crippen LogP contribution in [0, 0.1) is 0 Å². The van der Waals surface area contributed by atoms with Gasteiger partial charge in [-0.25, -0.2) is 4.68 Å². The fourth-order valence-corrected chi connectivity index (χ4v) is 4.32. The first-order chi connectivity index (χ1) is 16.3. The fourth-order valence-electron chi connectivity index (χ4n) is 4.32. The molecule has 0 bridgehead atoms. The third kappa shape index (κ3) is 4.92. The van der Waals surface area contributed by atoms with E-state index < -0.39 is 0 Å². The summed E-state index contributed by atoms with van der Waals surface area (Å²) in [4.78, 5) is 16.9. The van der Waals surface area contributed by atoms with Crippen LogP contribution in [0.4, 0.5) is 5.82 Å². The van der Waals surface area contributed by atoms with E-state index in [9.17, 15) is 4.79 Å². The van der Waals surface area contributed by atoms with Gasteiger partial charge in [-0.3, -0.25) is 14.5 Å². The third-order valence-corrected chi connectivity index (χ3v) is 5.92. The van der Waals surface area contributed by atoms with Gasteiger partial charge in [0.05, 0.1) is 18.8 Å². The maximum Gasteiger partial charge on any atom is 0.249 e. The van der Waals surface area contributed by atoms with Crippen LogP contribution in [0.25, 0.3) is 17.3 Å². The highest BCUT2D eigenvalue weighted by atomic mass is 16.1. The van der Waals surface area contributed by atoms with E-state index in [1.54, 1.807) is 24.7 Å². The van der Waals surface area contributed by atoms with Gasteiger partial charge in [0.1, 0.15) is 11.5 Å². The lowest BCUT2D eigenvalue weighted by molar-refractivity contribution is -0.111. The smallest absolute Gasteiger partial charge is 0.249 e. The lowest BCUT2D eigenvalue weighted by Crippen LogP contribution is -2.15. The van der Waals surface area contributed by atoms with Crippen LogP contribution in [-0.4, -0.2) is 30.5 Å². The van der Waals surface area contributed by atoms with Gasteiger partial charge in [-0.05, 0) is 36.6 Å². The zero-order chi connectivity index (χ0) is 22.5. The lowest BCUT2D eigenvalue weighted by atomic mass is 10.1. The van der Waals surface area contributed by atoms with Crippen LogP contribution in [0.15, 0.2) is 79.4 Å². The molecule has 1 aliphatic carbocycles. The molecule has 5 rings (SSSR count). The Kier molecular flexibility index (Phi) is 6.10. The highest BCUT2D eigenvalue weighted by Gasteiger charge is 2.20. The quantitative estimate of drug-likeness (QED) is 0.414. The van der Waals surface area contributed by atoms with Crippen molar-refractivity contribution in [1.29, 1.82) is 0 Å². The molecule has 166 valence electrons. The van der Waals surface area contributed by atoms with Crippen molar-refractivity contribution in [3.8, 4) is 11.3 Å². The van der Waals surface area contributed by atoms with Crippen LogP contribution < -0.4 is 5.32 Å². The Labute approximate surface area is 192 Å². The second-order valence-corrected chi connectivity index (χ2v) is 8.28. The van der Waals surface area contributed by atoms with Crippen LogP contribution in [0.5, 0.6) is 0 Å². The van der Waals surface area contributed by atoms with E-state index in [2.05, 4.69) is 27.5 Å². The van der Waals surface area contributed by atoms with E-state index in [0.29, 0.717) is 12.6 Å². The van der Waals surface area contributed by atoms with E-state index >= 15 is 0 Å². The molecule has 0 unspecified atom stereocenters. The average Bonchev–Trinajstić information content (AvgIpc) is 3.60. The first kappa shape index (κ1) is 20.9. The van der Waals surface area contributed by atoms with E-state index in [-0.39, 0.29) is 5.91 Å². The number of carbonyl (C=O) groups is 1. The minimum Gasteiger partial charge on any atom is -0.307 e. The predicted molar refractivity (Wildman–Crippen MR) is 128 cm³/mol. The number of hydrogen-bond donors (Lipinski definition) is 1. The van der Waals surface area contributed by atoms with Crippen molar-refractivity contribution < 1.29 is 4.79 Å². The standard InChI is InChI=1S/C26H26N6O/c33-25(29-24-14-16-28-32(24)23-10-4-5-11-23)13-12-22-19-31(18-20-7-2-1-3-8-20)30-26(22)21-9-6-15-27-17-21/h1-3,6-9,12-17,19,23H,4-5,10-11,18H2,(H,29,33)/b13-12+. The normalized spacial score (nSPS) is 14.2. The number of hydrogen-bond acceptors (Lipinski definition) is 4. The van der Waals surface area contributed by atoms with Gasteiger partial charge in [0.25, 0.3) is 0 Å². The third-order valence-electron chi connectivity index (χ3n) is 5.92. The molecule has 0 radical (unpaired) electrons. The summed E-state index contributed by atoms with van der Waals surface area (Å²) in [5, 5.41) is 12.2. The number of pyridine rings is 1. The first-order valence-electron chi connectivity index (χ1n) is 11.3. The van der Waals surface area contributed by atoms with Crippen molar-refractivity contribution in [2.45, 2.75) is 38.3 Å². The van der Waals surface area contributed by atoms with Crippen molar-refractivity contribution in [1.82, 2.24) is 24.5 Å². The summed E-state index contributed by atoms with van der Waals surface area (Å²) in [5.41, 5.74) is 3.72. The maximum atomic E-state index is 12.7. The Morgan fingerprint density at radius 3 is 2.70 bits per heavy atom. The Morgan fingerprint density at radius 1 is 1.06 bits per heavy atom. The Bertz CT molecular complexity index is 1240. The largest absolute Gasteiger partial charge is 0.307 e. The molecule has 0 saturated heterocycles. The van der Waals surface area contributed by atoms with Crippen LogP contribution in [0.3, 0.4) is 0 Å². The average molecular weight is 439 g/mol. The van der Waals surface area contributed by atoms with Crippen LogP contribution in [-0.2, 0) is 11.3 Å². The van der Waals surface area contributed by atoms with E-state index in [1.807, 2.05) is 58.0 Å². The molecule has 0 atom stereocenters. The molecule has 3 heterocycles. The molecule has 0 spiro atoms. The number of rotatable bonds is 7. The number of anilines is 1. The fraction of sp³-hybridized carbons (Fsp3) is 0.231. The highest BCUT2D eigenvalue weighted by molar-refractivity contribution is 6.01. The monoisotopic (exact) mass is 438 g/mol. The molecule has 33 heavy (non-hydrogen) atoms. The topological polar surface area (TPSA) is 77.6 Å². The number of nitrogens with one attached hydrogen (secondary N) is 1. The summed E-state index contributed by atoms with van der Waals surface area (Å²) in [5.74, 6) is 0.548. The number of carbonyl (C=O) groups excluding carboxylic acids is 1. The SMILES string of the molecule is O=C(/C=C/c1cn(Cc2ccccc2)nc1-c1cccnc1)Nc1ccnn1C1CCCC1. The van der Waals surface area contributed by atoms with Crippen LogP contribution in [0.1, 0.15) is 42.9 Å². The molecule has 3 aromatic heterocycles. The molecule has 7 heteroatoms. The van der Waals surface area contributed by atoms with Crippen molar-refractivity contribution >= 4 is 17.8 Å². The van der Waals surface area contributed by atoms with Gasteiger partial charge in [-0.1, -0.05) is 43.2 Å². The Balaban J connectivity index is 1.36. The molecule has 1 N–H and O–H groups in total. The van der Waals surface area contributed by atoms with Crippen molar-refractivity contribution in [3.63, 3.8) is 0 Å². The number of amides is 1. The molecule has 7 nitrogen and oxygen atoms in total. The summed E-state index contributed by atoms with van der Waals surface area (Å²) >= 11 is 0. The Hall–Kier alpha value is -4.00. The zero-order valence-electron chi connectivity index (χ0n) is 18.3. The van der Waals surface area contributed by atoms with Crippen LogP contribution in [0.2, 0.25) is 0 Å². The molecular weight excluding hydrogens is 412 g/mol. The van der Waals surface area contributed by atoms with Gasteiger partial charge in [-0.2, -0.15) is 10.2 Å². The Morgan fingerprint density at radius 2 is 1.91 bits per heavy atom. The van der Waals surface area contributed by atoms with Gasteiger partial charge in [0.15, 0.2) is 0 Å². The molecule has 1 fully saturated rings. The minimum atomic E-state index is -0.192. The van der Waals surface area contributed by atoms with Gasteiger partial charge in [-0.15, -0.1) is 0 Å². The van der Waals surface area contributed by atoms with Crippen molar-refractivity contribution in [2.24, 2.45) is 0 Å². The maximum absolute atomic E-state index is 12.7. The lowest BCUT2D eigenvalue weighted by Gasteiger charge is -2.13. The predicted octanol–water partition coefficient (Wildman–Crippen LogP) is 4.96. The molecule has 1 aliphatic rings.